The molecule has 0 bridgehead atoms. The first-order valence-corrected chi connectivity index (χ1v) is 11.4. The van der Waals surface area contributed by atoms with Gasteiger partial charge >= 0.3 is 0 Å². The van der Waals surface area contributed by atoms with Crippen molar-refractivity contribution in [1.82, 2.24) is 0 Å². The fourth-order valence-corrected chi connectivity index (χ4v) is 3.54. The Labute approximate surface area is 176 Å². The highest BCUT2D eigenvalue weighted by molar-refractivity contribution is 4.50. The maximum atomic E-state index is 5.19. The molecule has 0 aromatic rings. The summed E-state index contributed by atoms with van der Waals surface area (Å²) in [5.74, 6) is 0. The van der Waals surface area contributed by atoms with Gasteiger partial charge in [-0.3, -0.25) is 0 Å². The van der Waals surface area contributed by atoms with Crippen LogP contribution in [0.15, 0.2) is 0 Å². The third-order valence-corrected chi connectivity index (χ3v) is 5.52. The molecule has 0 aromatic heterocycles. The van der Waals surface area contributed by atoms with Gasteiger partial charge in [-0.15, -0.1) is 0 Å². The second kappa shape index (κ2) is 21.7. The van der Waals surface area contributed by atoms with Crippen molar-refractivity contribution in [2.45, 2.75) is 110 Å². The lowest BCUT2D eigenvalue weighted by Gasteiger charge is -2.29. The highest BCUT2D eigenvalue weighted by Crippen LogP contribution is 2.14. The Bertz CT molecular complexity index is 259. The molecule has 0 N–H and O–H groups in total. The molecular weight excluding hydrogens is 386 g/mol. The third-order valence-electron chi connectivity index (χ3n) is 5.52. The fourth-order valence-electron chi connectivity index (χ4n) is 3.54. The minimum Gasteiger partial charge on any atom is -1.00 e. The lowest BCUT2D eigenvalue weighted by atomic mass is 10.0. The van der Waals surface area contributed by atoms with Crippen LogP contribution in [0.2, 0.25) is 0 Å². The SMILES string of the molecule is CCCCCCCCCCCCCCCCCC[N+](C)(C)CCOC.[Br-]. The molecule has 0 aliphatic rings. The van der Waals surface area contributed by atoms with Gasteiger partial charge in [0, 0.05) is 7.11 Å². The number of methoxy groups -OCH3 is 1. The second-order valence-corrected chi connectivity index (χ2v) is 8.68. The minimum absolute atomic E-state index is 0. The first kappa shape index (κ1) is 28.6. The first-order valence-electron chi connectivity index (χ1n) is 11.4. The van der Waals surface area contributed by atoms with E-state index >= 15 is 0 Å². The quantitative estimate of drug-likeness (QED) is 0.207. The molecule has 0 saturated heterocycles. The number of hydrogen-bond acceptors (Lipinski definition) is 1. The van der Waals surface area contributed by atoms with Crippen molar-refractivity contribution in [2.24, 2.45) is 0 Å². The minimum atomic E-state index is 0. The maximum Gasteiger partial charge on any atom is 0.102 e. The van der Waals surface area contributed by atoms with Gasteiger partial charge in [0.15, 0.2) is 0 Å². The molecule has 2 nitrogen and oxygen atoms in total. The second-order valence-electron chi connectivity index (χ2n) is 8.68. The molecule has 0 amide bonds. The van der Waals surface area contributed by atoms with E-state index in [0.29, 0.717) is 0 Å². The van der Waals surface area contributed by atoms with Gasteiger partial charge in [-0.05, 0) is 12.8 Å². The summed E-state index contributed by atoms with van der Waals surface area (Å²) in [5.41, 5.74) is 0. The van der Waals surface area contributed by atoms with Crippen molar-refractivity contribution in [3.63, 3.8) is 0 Å². The van der Waals surface area contributed by atoms with Gasteiger partial charge in [-0.25, -0.2) is 0 Å². The van der Waals surface area contributed by atoms with Gasteiger partial charge in [0.1, 0.15) is 6.54 Å². The number of rotatable bonds is 20. The van der Waals surface area contributed by atoms with E-state index in [4.69, 9.17) is 4.74 Å². The van der Waals surface area contributed by atoms with Crippen LogP contribution in [0.3, 0.4) is 0 Å². The number of hydrogen-bond donors (Lipinski definition) is 0. The summed E-state index contributed by atoms with van der Waals surface area (Å²) in [6.07, 6.45) is 23.1. The summed E-state index contributed by atoms with van der Waals surface area (Å²) >= 11 is 0. The Hall–Kier alpha value is 0.400. The molecule has 0 rings (SSSR count). The predicted octanol–water partition coefficient (Wildman–Crippen LogP) is 3.97. The molecule has 26 heavy (non-hydrogen) atoms. The standard InChI is InChI=1S/C23H50NO.BrH/c1-5-6-7-8-9-10-11-12-13-14-15-16-17-18-19-20-21-24(2,3)22-23-25-4;/h5-23H2,1-4H3;1H/q+1;/p-1. The third kappa shape index (κ3) is 22.4. The number of ether oxygens (including phenoxy) is 1. The topological polar surface area (TPSA) is 9.23 Å². The van der Waals surface area contributed by atoms with Crippen LogP contribution in [0.1, 0.15) is 110 Å². The molecule has 0 radical (unpaired) electrons. The predicted molar refractivity (Wildman–Crippen MR) is 113 cm³/mol. The van der Waals surface area contributed by atoms with Crippen molar-refractivity contribution in [1.29, 1.82) is 0 Å². The Balaban J connectivity index is 0. The number of unbranched alkanes of at least 4 members (excludes halogenated alkanes) is 15. The maximum absolute atomic E-state index is 5.19. The highest BCUT2D eigenvalue weighted by Gasteiger charge is 2.13. The number of likely N-dealkylation sites (N-methyl/N-ethyl adjacent to an activating group) is 1. The monoisotopic (exact) mass is 435 g/mol. The van der Waals surface area contributed by atoms with Crippen molar-refractivity contribution in [3.8, 4) is 0 Å². The van der Waals surface area contributed by atoms with Crippen LogP contribution in [0.4, 0.5) is 0 Å². The van der Waals surface area contributed by atoms with E-state index in [1.807, 2.05) is 0 Å². The van der Waals surface area contributed by atoms with Crippen LogP contribution in [-0.2, 0) is 4.74 Å². The molecular formula is C23H50BrNO. The van der Waals surface area contributed by atoms with Crippen LogP contribution in [0.25, 0.3) is 0 Å². The molecule has 0 aliphatic heterocycles. The summed E-state index contributed by atoms with van der Waals surface area (Å²) in [5, 5.41) is 0. The fraction of sp³-hybridized carbons (Fsp3) is 1.00. The van der Waals surface area contributed by atoms with E-state index < -0.39 is 0 Å². The van der Waals surface area contributed by atoms with Gasteiger partial charge in [0.05, 0.1) is 27.2 Å². The summed E-state index contributed by atoms with van der Waals surface area (Å²) in [4.78, 5) is 0. The van der Waals surface area contributed by atoms with Crippen molar-refractivity contribution in [3.05, 3.63) is 0 Å². The Kier molecular flexibility index (Phi) is 23.9. The lowest BCUT2D eigenvalue weighted by molar-refractivity contribution is -0.890. The van der Waals surface area contributed by atoms with Gasteiger partial charge in [0.2, 0.25) is 0 Å². The molecule has 0 saturated carbocycles. The smallest absolute Gasteiger partial charge is 0.102 e. The van der Waals surface area contributed by atoms with E-state index in [-0.39, 0.29) is 17.0 Å². The number of halogens is 1. The zero-order valence-electron chi connectivity index (χ0n) is 18.7. The van der Waals surface area contributed by atoms with E-state index in [1.54, 1.807) is 7.11 Å². The molecule has 0 aromatic carbocycles. The van der Waals surface area contributed by atoms with Crippen molar-refractivity contribution in [2.75, 3.05) is 40.9 Å². The van der Waals surface area contributed by atoms with E-state index in [1.165, 1.54) is 109 Å². The molecule has 0 atom stereocenters. The zero-order chi connectivity index (χ0) is 18.6. The average molecular weight is 437 g/mol. The molecule has 0 fully saturated rings. The first-order chi connectivity index (χ1) is 12.1. The normalized spacial score (nSPS) is 11.5. The van der Waals surface area contributed by atoms with Gasteiger partial charge < -0.3 is 26.2 Å². The number of quaternary nitrogens is 1. The van der Waals surface area contributed by atoms with E-state index in [0.717, 1.165) is 17.6 Å². The summed E-state index contributed by atoms with van der Waals surface area (Å²) in [7, 11) is 6.45. The van der Waals surface area contributed by atoms with Crippen LogP contribution in [0, 0.1) is 0 Å². The summed E-state index contributed by atoms with van der Waals surface area (Å²) < 4.78 is 6.30. The Morgan fingerprint density at radius 2 is 0.885 bits per heavy atom. The zero-order valence-corrected chi connectivity index (χ0v) is 20.3. The number of nitrogens with zero attached hydrogens (tertiary/aromatic N) is 1. The van der Waals surface area contributed by atoms with Gasteiger partial charge in [-0.1, -0.05) is 96.8 Å². The molecule has 0 spiro atoms. The Morgan fingerprint density at radius 3 is 1.23 bits per heavy atom. The molecule has 0 heterocycles. The molecule has 3 heteroatoms. The largest absolute Gasteiger partial charge is 1.00 e. The summed E-state index contributed by atoms with van der Waals surface area (Å²) in [6, 6.07) is 0. The van der Waals surface area contributed by atoms with Crippen LogP contribution in [0.5, 0.6) is 0 Å². The summed E-state index contributed by atoms with van der Waals surface area (Å²) in [6.45, 7) is 5.60. The van der Waals surface area contributed by atoms with Gasteiger partial charge in [0.25, 0.3) is 0 Å². The van der Waals surface area contributed by atoms with Crippen LogP contribution >= 0.6 is 0 Å². The Morgan fingerprint density at radius 1 is 0.538 bits per heavy atom. The van der Waals surface area contributed by atoms with Crippen molar-refractivity contribution < 1.29 is 26.2 Å². The van der Waals surface area contributed by atoms with Crippen LogP contribution < -0.4 is 17.0 Å². The average Bonchev–Trinajstić information content (AvgIpc) is 2.59. The molecule has 0 unspecified atom stereocenters. The lowest BCUT2D eigenvalue weighted by Crippen LogP contribution is -3.00. The molecule has 0 aliphatic carbocycles. The highest BCUT2D eigenvalue weighted by atomic mass is 79.9. The van der Waals surface area contributed by atoms with E-state index in [2.05, 4.69) is 21.0 Å². The molecule has 160 valence electrons. The van der Waals surface area contributed by atoms with Crippen LogP contribution in [-0.4, -0.2) is 45.4 Å². The van der Waals surface area contributed by atoms with Crippen molar-refractivity contribution >= 4 is 0 Å². The van der Waals surface area contributed by atoms with Gasteiger partial charge in [-0.2, -0.15) is 0 Å². The van der Waals surface area contributed by atoms with E-state index in [9.17, 15) is 0 Å².